The third-order valence-electron chi connectivity index (χ3n) is 11.7. The lowest BCUT2D eigenvalue weighted by molar-refractivity contribution is -0.135. The lowest BCUT2D eigenvalue weighted by Gasteiger charge is -2.27. The van der Waals surface area contributed by atoms with Gasteiger partial charge in [0.2, 0.25) is 5.91 Å². The van der Waals surface area contributed by atoms with E-state index in [0.29, 0.717) is 66.1 Å². The Labute approximate surface area is 460 Å². The highest BCUT2D eigenvalue weighted by Gasteiger charge is 2.31. The Kier molecular flexibility index (Phi) is 17.4. The lowest BCUT2D eigenvalue weighted by Crippen LogP contribution is -2.43. The molecule has 8 aromatic heterocycles. The van der Waals surface area contributed by atoms with Crippen LogP contribution in [0.1, 0.15) is 77.8 Å². The molecule has 0 radical (unpaired) electrons. The third kappa shape index (κ3) is 13.1. The number of morpholine rings is 1. The number of thiazole rings is 1. The maximum absolute atomic E-state index is 13.7. The molecular formula is C50H48Cl2N12O10S3. The second-order valence-corrected chi connectivity index (χ2v) is 22.5. The summed E-state index contributed by atoms with van der Waals surface area (Å²) < 4.78 is 11.2. The summed E-state index contributed by atoms with van der Waals surface area (Å²) in [4.78, 5) is 106. The van der Waals surface area contributed by atoms with Gasteiger partial charge in [-0.25, -0.2) is 24.5 Å². The first-order chi connectivity index (χ1) is 36.8. The van der Waals surface area contributed by atoms with E-state index in [0.717, 1.165) is 24.7 Å². The van der Waals surface area contributed by atoms with Gasteiger partial charge in [-0.05, 0) is 54.8 Å². The van der Waals surface area contributed by atoms with Crippen molar-refractivity contribution in [1.29, 1.82) is 0 Å². The molecule has 1 fully saturated rings. The highest BCUT2D eigenvalue weighted by Crippen LogP contribution is 2.31. The number of carboxylic acids is 2. The Hall–Kier alpha value is -7.68. The molecule has 8 aromatic rings. The van der Waals surface area contributed by atoms with Crippen molar-refractivity contribution in [2.45, 2.75) is 60.3 Å². The van der Waals surface area contributed by atoms with Gasteiger partial charge in [-0.3, -0.25) is 24.0 Å². The van der Waals surface area contributed by atoms with Crippen LogP contribution in [0.5, 0.6) is 0 Å². The van der Waals surface area contributed by atoms with Crippen LogP contribution in [0.3, 0.4) is 0 Å². The number of nitrogens with one attached hydrogen (secondary N) is 2. The summed E-state index contributed by atoms with van der Waals surface area (Å²) >= 11 is 16.1. The number of hydrogen-bond donors (Lipinski definition) is 4. The van der Waals surface area contributed by atoms with Crippen molar-refractivity contribution in [3.8, 4) is 22.5 Å². The minimum Gasteiger partial charge on any atom is -0.478 e. The van der Waals surface area contributed by atoms with E-state index in [1.165, 1.54) is 79.4 Å². The topological polar surface area (TPSA) is 281 Å². The van der Waals surface area contributed by atoms with Crippen LogP contribution >= 0.6 is 57.2 Å². The van der Waals surface area contributed by atoms with Crippen LogP contribution < -0.4 is 21.8 Å². The third-order valence-corrected chi connectivity index (χ3v) is 14.8. The average molecular weight is 1140 g/mol. The summed E-state index contributed by atoms with van der Waals surface area (Å²) in [6, 6.07) is 13.0. The van der Waals surface area contributed by atoms with Crippen LogP contribution in [0.4, 0.5) is 11.6 Å². The van der Waals surface area contributed by atoms with Crippen molar-refractivity contribution in [1.82, 2.24) is 48.5 Å². The highest BCUT2D eigenvalue weighted by molar-refractivity contribution is 7.16. The second kappa shape index (κ2) is 24.1. The quantitative estimate of drug-likeness (QED) is 0.0728. The van der Waals surface area contributed by atoms with Gasteiger partial charge in [-0.1, -0.05) is 44.0 Å². The van der Waals surface area contributed by atoms with Crippen LogP contribution in [0.25, 0.3) is 22.5 Å². The van der Waals surface area contributed by atoms with Crippen LogP contribution in [0.2, 0.25) is 8.67 Å². The molecule has 9 rings (SSSR count). The summed E-state index contributed by atoms with van der Waals surface area (Å²) in [6.45, 7) is 8.92. The summed E-state index contributed by atoms with van der Waals surface area (Å²) in [7, 11) is 0. The number of carbonyl (C=O) groups is 5. The first kappa shape index (κ1) is 55.5. The molecule has 400 valence electrons. The van der Waals surface area contributed by atoms with E-state index >= 15 is 0 Å². The first-order valence-corrected chi connectivity index (χ1v) is 26.8. The fourth-order valence-electron chi connectivity index (χ4n) is 8.00. The molecule has 77 heavy (non-hydrogen) atoms. The molecule has 9 heterocycles. The predicted octanol–water partition coefficient (Wildman–Crippen LogP) is 7.51. The van der Waals surface area contributed by atoms with Crippen molar-refractivity contribution >= 4 is 98.5 Å². The lowest BCUT2D eigenvalue weighted by atomic mass is 9.96. The zero-order chi connectivity index (χ0) is 55.1. The van der Waals surface area contributed by atoms with Crippen molar-refractivity contribution in [2.24, 2.45) is 5.41 Å². The first-order valence-electron chi connectivity index (χ1n) is 23.5. The maximum atomic E-state index is 13.7. The molecule has 0 bridgehead atoms. The van der Waals surface area contributed by atoms with Gasteiger partial charge in [0.05, 0.1) is 57.3 Å². The van der Waals surface area contributed by atoms with Gasteiger partial charge < -0.3 is 39.6 Å². The smallest absolute Gasteiger partial charge is 0.353 e. The molecule has 0 spiro atoms. The standard InChI is InChI=1S/C26H30ClN5O6S.C24H18ClN7O4S2/c1-15-13-31(14-20(33)30-7-9-38-10-8-30)23(34)22(21(15)24(35)36)17-11-19(28-12-16-5-6-18(27)39-16)32(29-17)25(37)26(2,3)4;25-19-3-1-15(38-19)10-28-20-7-17(30-32(20)23(34)18-11-37-13-29-18)16-2-4-21(33)31(22(16)24(35)36)6-5-14-8-26-12-27-9-14/h5-6,11,13,28H,7-10,12,14H2,1-4H3,(H,35,36);1-4,7-9,11-13,28H,5-6,10H2,(H,35,36). The minimum atomic E-state index is -1.31. The van der Waals surface area contributed by atoms with Crippen molar-refractivity contribution in [3.63, 3.8) is 0 Å². The van der Waals surface area contributed by atoms with E-state index in [-0.39, 0.29) is 69.9 Å². The minimum absolute atomic E-state index is 0.0120. The summed E-state index contributed by atoms with van der Waals surface area (Å²) in [5.74, 6) is -3.11. The summed E-state index contributed by atoms with van der Waals surface area (Å²) in [5, 5.41) is 36.9. The van der Waals surface area contributed by atoms with Crippen molar-refractivity contribution in [2.75, 3.05) is 36.9 Å². The number of amides is 1. The number of aromatic carboxylic acids is 2. The van der Waals surface area contributed by atoms with Gasteiger partial charge in [-0.2, -0.15) is 19.6 Å². The van der Waals surface area contributed by atoms with Crippen LogP contribution in [-0.4, -0.2) is 115 Å². The molecule has 0 aromatic carbocycles. The number of aryl methyl sites for hydroxylation is 2. The predicted molar refractivity (Wildman–Crippen MR) is 291 cm³/mol. The van der Waals surface area contributed by atoms with Crippen LogP contribution in [-0.2, 0) is 42.1 Å². The van der Waals surface area contributed by atoms with Gasteiger partial charge in [0.15, 0.2) is 0 Å². The van der Waals surface area contributed by atoms with Gasteiger partial charge in [0, 0.05) is 82.5 Å². The number of ether oxygens (including phenoxy) is 1. The van der Waals surface area contributed by atoms with Gasteiger partial charge in [-0.15, -0.1) is 34.0 Å². The van der Waals surface area contributed by atoms with Crippen molar-refractivity contribution in [3.05, 3.63) is 152 Å². The molecule has 4 N–H and O–H groups in total. The number of thiophene rings is 2. The summed E-state index contributed by atoms with van der Waals surface area (Å²) in [6.07, 6.45) is 6.31. The molecule has 0 saturated carbocycles. The molecule has 0 aliphatic carbocycles. The molecule has 1 aliphatic heterocycles. The van der Waals surface area contributed by atoms with Gasteiger partial charge in [0.1, 0.15) is 41.6 Å². The fraction of sp³-hybridized carbons (Fsp3) is 0.280. The Bertz CT molecular complexity index is 3610. The highest BCUT2D eigenvalue weighted by atomic mass is 35.5. The number of hydrogen-bond acceptors (Lipinski definition) is 18. The number of anilines is 2. The van der Waals surface area contributed by atoms with E-state index in [1.54, 1.807) is 68.6 Å². The Morgan fingerprint density at radius 2 is 1.44 bits per heavy atom. The van der Waals surface area contributed by atoms with Gasteiger partial charge >= 0.3 is 11.9 Å². The van der Waals surface area contributed by atoms with E-state index in [4.69, 9.17) is 27.9 Å². The van der Waals surface area contributed by atoms with Gasteiger partial charge in [0.25, 0.3) is 22.9 Å². The second-order valence-electron chi connectivity index (χ2n) is 18.2. The molecule has 27 heteroatoms. The zero-order valence-electron chi connectivity index (χ0n) is 41.6. The number of halogens is 2. The number of carbonyl (C=O) groups excluding carboxylic acids is 3. The molecular weight excluding hydrogens is 1100 g/mol. The number of pyridine rings is 2. The van der Waals surface area contributed by atoms with E-state index in [9.17, 15) is 43.8 Å². The molecule has 1 aliphatic rings. The largest absolute Gasteiger partial charge is 0.478 e. The number of aromatic nitrogens is 9. The molecule has 22 nitrogen and oxygen atoms in total. The van der Waals surface area contributed by atoms with Crippen LogP contribution in [0, 0.1) is 12.3 Å². The van der Waals surface area contributed by atoms with E-state index in [2.05, 4.69) is 35.8 Å². The molecule has 1 amide bonds. The Balaban J connectivity index is 0.000000204. The van der Waals surface area contributed by atoms with E-state index in [1.807, 2.05) is 12.1 Å². The number of carboxylic acid groups (broad SMARTS) is 2. The monoisotopic (exact) mass is 1140 g/mol. The number of rotatable bonds is 16. The van der Waals surface area contributed by atoms with Crippen LogP contribution in [0.15, 0.2) is 93.9 Å². The fourth-order valence-corrected chi connectivity index (χ4v) is 10.6. The zero-order valence-corrected chi connectivity index (χ0v) is 45.5. The molecule has 0 atom stereocenters. The SMILES string of the molecule is Cc1cn(CC(=O)N2CCOCC2)c(=O)c(-c2cc(NCc3ccc(Cl)s3)n(C(=O)C(C)(C)C)n2)c1C(=O)O.O=C(O)c1c(-c2cc(NCc3ccc(Cl)s3)n(C(=O)c3cscn3)n2)ccc(=O)n1CCc1cncnc1. The normalized spacial score (nSPS) is 12.5. The van der Waals surface area contributed by atoms with E-state index < -0.39 is 34.4 Å². The molecule has 1 saturated heterocycles. The average Bonchev–Trinajstić information content (AvgIpc) is 4.30. The Morgan fingerprint density at radius 1 is 0.818 bits per heavy atom. The number of nitrogens with zero attached hydrogens (tertiary/aromatic N) is 10. The summed E-state index contributed by atoms with van der Waals surface area (Å²) in [5.41, 5.74) is 0.509. The van der Waals surface area contributed by atoms with Crippen molar-refractivity contribution < 1.29 is 38.9 Å². The molecule has 0 unspecified atom stereocenters. The maximum Gasteiger partial charge on any atom is 0.353 e. The Morgan fingerprint density at radius 3 is 2.01 bits per heavy atom.